The van der Waals surface area contributed by atoms with Gasteiger partial charge in [0.05, 0.1) is 13.2 Å². The Morgan fingerprint density at radius 1 is 1.43 bits per heavy atom. The van der Waals surface area contributed by atoms with Gasteiger partial charge >= 0.3 is 0 Å². The summed E-state index contributed by atoms with van der Waals surface area (Å²) in [6.07, 6.45) is 3.36. The highest BCUT2D eigenvalue weighted by Crippen LogP contribution is 2.37. The first-order chi connectivity index (χ1) is 10.1. The molecule has 0 aromatic heterocycles. The van der Waals surface area contributed by atoms with E-state index in [4.69, 9.17) is 10.6 Å². The molecule has 2 unspecified atom stereocenters. The lowest BCUT2D eigenvalue weighted by Gasteiger charge is -2.44. The smallest absolute Gasteiger partial charge is 0.165 e. The second-order valence-corrected chi connectivity index (χ2v) is 5.90. The maximum absolute atomic E-state index is 14.0. The van der Waals surface area contributed by atoms with Gasteiger partial charge in [-0.05, 0) is 57.0 Å². The Kier molecular flexibility index (Phi) is 5.19. The fourth-order valence-corrected chi connectivity index (χ4v) is 3.34. The summed E-state index contributed by atoms with van der Waals surface area (Å²) in [5.41, 5.74) is 3.62. The Morgan fingerprint density at radius 3 is 2.57 bits per heavy atom. The molecule has 1 fully saturated rings. The van der Waals surface area contributed by atoms with Gasteiger partial charge in [0, 0.05) is 5.54 Å². The molecule has 0 saturated carbocycles. The lowest BCUT2D eigenvalue weighted by Crippen LogP contribution is -2.54. The summed E-state index contributed by atoms with van der Waals surface area (Å²) in [4.78, 5) is 2.46. The van der Waals surface area contributed by atoms with Crippen LogP contribution in [0.3, 0.4) is 0 Å². The number of nitrogens with zero attached hydrogens (tertiary/aromatic N) is 1. The number of methoxy groups -OCH3 is 1. The van der Waals surface area contributed by atoms with E-state index in [0.717, 1.165) is 25.1 Å². The lowest BCUT2D eigenvalue weighted by atomic mass is 9.83. The second-order valence-electron chi connectivity index (χ2n) is 5.90. The van der Waals surface area contributed by atoms with Crippen molar-refractivity contribution in [3.05, 3.63) is 29.6 Å². The fraction of sp³-hybridized carbons (Fsp3) is 0.625. The fourth-order valence-electron chi connectivity index (χ4n) is 3.34. The summed E-state index contributed by atoms with van der Waals surface area (Å²) in [5.74, 6) is 5.73. The van der Waals surface area contributed by atoms with Crippen molar-refractivity contribution < 1.29 is 9.13 Å². The molecule has 1 aromatic rings. The van der Waals surface area contributed by atoms with Gasteiger partial charge in [0.1, 0.15) is 0 Å². The topological polar surface area (TPSA) is 50.5 Å². The Labute approximate surface area is 126 Å². The molecule has 1 aliphatic heterocycles. The van der Waals surface area contributed by atoms with E-state index in [0.29, 0.717) is 0 Å². The van der Waals surface area contributed by atoms with Crippen LogP contribution in [0.2, 0.25) is 0 Å². The van der Waals surface area contributed by atoms with E-state index >= 15 is 0 Å². The van der Waals surface area contributed by atoms with Crippen LogP contribution in [0.4, 0.5) is 4.39 Å². The van der Waals surface area contributed by atoms with Crippen molar-refractivity contribution in [3.63, 3.8) is 0 Å². The molecule has 21 heavy (non-hydrogen) atoms. The first-order valence-corrected chi connectivity index (χ1v) is 7.61. The summed E-state index contributed by atoms with van der Waals surface area (Å²) in [7, 11) is 1.47. The monoisotopic (exact) mass is 295 g/mol. The second kappa shape index (κ2) is 6.73. The maximum atomic E-state index is 14.0. The highest BCUT2D eigenvalue weighted by atomic mass is 19.1. The molecule has 1 aromatic carbocycles. The Hall–Kier alpha value is -1.17. The molecule has 0 amide bonds. The van der Waals surface area contributed by atoms with E-state index in [-0.39, 0.29) is 23.1 Å². The third-order valence-corrected chi connectivity index (χ3v) is 4.84. The van der Waals surface area contributed by atoms with Crippen LogP contribution >= 0.6 is 0 Å². The normalized spacial score (nSPS) is 20.2. The summed E-state index contributed by atoms with van der Waals surface area (Å²) in [6.45, 7) is 6.50. The zero-order valence-corrected chi connectivity index (χ0v) is 13.2. The van der Waals surface area contributed by atoms with E-state index in [1.165, 1.54) is 26.0 Å². The average molecular weight is 295 g/mol. The maximum Gasteiger partial charge on any atom is 0.165 e. The van der Waals surface area contributed by atoms with Crippen LogP contribution in [0.15, 0.2) is 18.2 Å². The van der Waals surface area contributed by atoms with Crippen LogP contribution in [0, 0.1) is 5.82 Å². The van der Waals surface area contributed by atoms with Gasteiger partial charge in [-0.2, -0.15) is 0 Å². The highest BCUT2D eigenvalue weighted by Gasteiger charge is 2.40. The zero-order valence-electron chi connectivity index (χ0n) is 13.2. The number of likely N-dealkylation sites (tertiary alicyclic amines) is 1. The number of hydrogen-bond donors (Lipinski definition) is 2. The number of hydrogen-bond acceptors (Lipinski definition) is 4. The largest absolute Gasteiger partial charge is 0.494 e. The molecule has 1 heterocycles. The predicted molar refractivity (Wildman–Crippen MR) is 82.5 cm³/mol. The third-order valence-electron chi connectivity index (χ3n) is 4.84. The zero-order chi connectivity index (χ0) is 15.5. The molecule has 118 valence electrons. The minimum Gasteiger partial charge on any atom is -0.494 e. The number of nitrogens with two attached hydrogens (primary N) is 1. The minimum atomic E-state index is -0.352. The molecule has 4 nitrogen and oxygen atoms in total. The molecule has 0 aliphatic carbocycles. The van der Waals surface area contributed by atoms with E-state index in [2.05, 4.69) is 24.2 Å². The van der Waals surface area contributed by atoms with E-state index in [1.807, 2.05) is 6.07 Å². The van der Waals surface area contributed by atoms with Crippen molar-refractivity contribution in [1.29, 1.82) is 0 Å². The van der Waals surface area contributed by atoms with Crippen LogP contribution in [0.5, 0.6) is 5.75 Å². The van der Waals surface area contributed by atoms with Gasteiger partial charge in [-0.1, -0.05) is 13.0 Å². The molecule has 2 rings (SSSR count). The van der Waals surface area contributed by atoms with E-state index in [9.17, 15) is 4.39 Å². The van der Waals surface area contributed by atoms with Crippen LogP contribution in [-0.4, -0.2) is 30.6 Å². The SMILES string of the molecule is CCC(C)(C(NN)c1ccc(OC)c(F)c1)N1CCCC1. The molecule has 0 bridgehead atoms. The first kappa shape index (κ1) is 16.2. The average Bonchev–Trinajstić information content (AvgIpc) is 3.02. The minimum absolute atomic E-state index is 0.124. The third kappa shape index (κ3) is 3.05. The number of rotatable bonds is 6. The molecular weight excluding hydrogens is 269 g/mol. The van der Waals surface area contributed by atoms with Gasteiger partial charge in [-0.25, -0.2) is 4.39 Å². The molecule has 1 aliphatic rings. The summed E-state index contributed by atoms with van der Waals surface area (Å²) in [6, 6.07) is 4.94. The van der Waals surface area contributed by atoms with Gasteiger partial charge in [0.25, 0.3) is 0 Å². The van der Waals surface area contributed by atoms with E-state index in [1.54, 1.807) is 6.07 Å². The van der Waals surface area contributed by atoms with Crippen molar-refractivity contribution in [3.8, 4) is 5.75 Å². The van der Waals surface area contributed by atoms with Crippen molar-refractivity contribution in [2.75, 3.05) is 20.2 Å². The predicted octanol–water partition coefficient (Wildman–Crippen LogP) is 2.60. The lowest BCUT2D eigenvalue weighted by molar-refractivity contribution is 0.0838. The molecule has 3 N–H and O–H groups in total. The Bertz CT molecular complexity index is 477. The van der Waals surface area contributed by atoms with Crippen LogP contribution in [0.1, 0.15) is 44.7 Å². The van der Waals surface area contributed by atoms with Crippen molar-refractivity contribution in [2.45, 2.75) is 44.7 Å². The number of halogens is 1. The number of benzene rings is 1. The van der Waals surface area contributed by atoms with Gasteiger partial charge < -0.3 is 4.74 Å². The first-order valence-electron chi connectivity index (χ1n) is 7.61. The van der Waals surface area contributed by atoms with Gasteiger partial charge in [0.15, 0.2) is 11.6 Å². The number of ether oxygens (including phenoxy) is 1. The molecule has 2 atom stereocenters. The molecular formula is C16H26FN3O. The molecule has 0 radical (unpaired) electrons. The van der Waals surface area contributed by atoms with Crippen LogP contribution in [0.25, 0.3) is 0 Å². The van der Waals surface area contributed by atoms with Crippen molar-refractivity contribution >= 4 is 0 Å². The number of nitrogens with one attached hydrogen (secondary N) is 1. The molecule has 5 heteroatoms. The molecule has 0 spiro atoms. The van der Waals surface area contributed by atoms with Crippen LogP contribution < -0.4 is 16.0 Å². The van der Waals surface area contributed by atoms with Crippen molar-refractivity contribution in [2.24, 2.45) is 5.84 Å². The van der Waals surface area contributed by atoms with Gasteiger partial charge in [0.2, 0.25) is 0 Å². The Balaban J connectivity index is 2.34. The summed E-state index contributed by atoms with van der Waals surface area (Å²) >= 11 is 0. The van der Waals surface area contributed by atoms with Gasteiger partial charge in [-0.3, -0.25) is 16.2 Å². The van der Waals surface area contributed by atoms with Gasteiger partial charge in [-0.15, -0.1) is 0 Å². The standard InChI is InChI=1S/C16H26FN3O/c1-4-16(2,20-9-5-6-10-20)15(19-18)12-7-8-14(21-3)13(17)11-12/h7-8,11,15,19H,4-6,9-10,18H2,1-3H3. The Morgan fingerprint density at radius 2 is 2.10 bits per heavy atom. The van der Waals surface area contributed by atoms with Crippen LogP contribution in [-0.2, 0) is 0 Å². The highest BCUT2D eigenvalue weighted by molar-refractivity contribution is 5.32. The summed E-state index contributed by atoms with van der Waals surface area (Å²) in [5, 5.41) is 0. The number of hydrazine groups is 1. The van der Waals surface area contributed by atoms with Crippen molar-refractivity contribution in [1.82, 2.24) is 10.3 Å². The quantitative estimate of drug-likeness (QED) is 0.626. The van der Waals surface area contributed by atoms with E-state index < -0.39 is 0 Å². The molecule has 1 saturated heterocycles. The summed E-state index contributed by atoms with van der Waals surface area (Å²) < 4.78 is 19.0.